The summed E-state index contributed by atoms with van der Waals surface area (Å²) in [7, 11) is 0. The Bertz CT molecular complexity index is 395. The molecule has 0 aliphatic rings. The average Bonchev–Trinajstić information content (AvgIpc) is 2.28. The zero-order valence-corrected chi connectivity index (χ0v) is 9.87. The van der Waals surface area contributed by atoms with E-state index in [0.717, 1.165) is 0 Å². The van der Waals surface area contributed by atoms with Crippen molar-refractivity contribution in [2.24, 2.45) is 0 Å². The highest BCUT2D eigenvalue weighted by Gasteiger charge is 2.14. The van der Waals surface area contributed by atoms with Gasteiger partial charge in [0.25, 0.3) is 0 Å². The van der Waals surface area contributed by atoms with Crippen molar-refractivity contribution in [1.82, 2.24) is 5.32 Å². The number of carbonyl (C=O) groups is 1. The molecule has 1 aromatic rings. The normalized spacial score (nSPS) is 12.0. The summed E-state index contributed by atoms with van der Waals surface area (Å²) in [6.07, 6.45) is 0. The molecule has 0 radical (unpaired) electrons. The maximum absolute atomic E-state index is 13.6. The Morgan fingerprint density at radius 3 is 2.76 bits per heavy atom. The second-order valence-corrected chi connectivity index (χ2v) is 3.56. The summed E-state index contributed by atoms with van der Waals surface area (Å²) in [6, 6.07) is 3.75. The van der Waals surface area contributed by atoms with Crippen LogP contribution >= 0.6 is 0 Å². The summed E-state index contributed by atoms with van der Waals surface area (Å²) in [4.78, 5) is 10.9. The summed E-state index contributed by atoms with van der Waals surface area (Å²) in [5.41, 5.74) is 0.503. The molecule has 0 heterocycles. The van der Waals surface area contributed by atoms with E-state index in [0.29, 0.717) is 12.2 Å². The van der Waals surface area contributed by atoms with E-state index in [1.54, 1.807) is 13.0 Å². The summed E-state index contributed by atoms with van der Waals surface area (Å²) in [5, 5.41) is 11.7. The molecule has 1 aromatic carbocycles. The van der Waals surface area contributed by atoms with Crippen LogP contribution in [0.25, 0.3) is 0 Å². The number of benzene rings is 1. The molecule has 0 aromatic heterocycles. The van der Waals surface area contributed by atoms with E-state index in [1.165, 1.54) is 19.1 Å². The SMILES string of the molecule is CCOc1ccc(C(CO)NC(C)=O)cc1F. The highest BCUT2D eigenvalue weighted by atomic mass is 19.1. The van der Waals surface area contributed by atoms with Gasteiger partial charge in [0.15, 0.2) is 11.6 Å². The van der Waals surface area contributed by atoms with Gasteiger partial charge in [-0.25, -0.2) is 4.39 Å². The molecule has 4 nitrogen and oxygen atoms in total. The first kappa shape index (κ1) is 13.4. The number of nitrogens with one attached hydrogen (secondary N) is 1. The second kappa shape index (κ2) is 6.20. The molecule has 0 saturated heterocycles. The van der Waals surface area contributed by atoms with E-state index in [2.05, 4.69) is 5.32 Å². The van der Waals surface area contributed by atoms with Crippen LogP contribution in [0.3, 0.4) is 0 Å². The highest BCUT2D eigenvalue weighted by molar-refractivity contribution is 5.73. The minimum absolute atomic E-state index is 0.163. The Labute approximate surface area is 99.4 Å². The fraction of sp³-hybridized carbons (Fsp3) is 0.417. The lowest BCUT2D eigenvalue weighted by atomic mass is 10.1. The third kappa shape index (κ3) is 3.71. The molecule has 2 N–H and O–H groups in total. The van der Waals surface area contributed by atoms with E-state index in [9.17, 15) is 9.18 Å². The molecule has 94 valence electrons. The molecule has 1 atom stereocenters. The molecule has 0 bridgehead atoms. The van der Waals surface area contributed by atoms with Crippen LogP contribution in [0.1, 0.15) is 25.5 Å². The van der Waals surface area contributed by atoms with Gasteiger partial charge < -0.3 is 15.2 Å². The molecule has 5 heteroatoms. The van der Waals surface area contributed by atoms with Gasteiger partial charge in [-0.1, -0.05) is 6.07 Å². The van der Waals surface area contributed by atoms with Crippen LogP contribution in [0, 0.1) is 5.82 Å². The van der Waals surface area contributed by atoms with Crippen molar-refractivity contribution in [3.8, 4) is 5.75 Å². The van der Waals surface area contributed by atoms with Gasteiger partial charge in [0.2, 0.25) is 5.91 Å². The molecule has 17 heavy (non-hydrogen) atoms. The molecule has 0 aliphatic carbocycles. The lowest BCUT2D eigenvalue weighted by molar-refractivity contribution is -0.120. The summed E-state index contributed by atoms with van der Waals surface area (Å²) < 4.78 is 18.6. The zero-order chi connectivity index (χ0) is 12.8. The number of amides is 1. The van der Waals surface area contributed by atoms with Gasteiger partial charge in [-0.05, 0) is 24.6 Å². The van der Waals surface area contributed by atoms with Crippen LogP contribution in [0.4, 0.5) is 4.39 Å². The molecule has 0 aliphatic heterocycles. The van der Waals surface area contributed by atoms with Crippen LogP contribution in [0.5, 0.6) is 5.75 Å². The minimum Gasteiger partial charge on any atom is -0.491 e. The van der Waals surface area contributed by atoms with Gasteiger partial charge in [0, 0.05) is 6.92 Å². The van der Waals surface area contributed by atoms with Gasteiger partial charge in [-0.15, -0.1) is 0 Å². The fourth-order valence-corrected chi connectivity index (χ4v) is 1.49. The third-order valence-electron chi connectivity index (χ3n) is 2.22. The Morgan fingerprint density at radius 2 is 2.29 bits per heavy atom. The number of hydrogen-bond donors (Lipinski definition) is 2. The van der Waals surface area contributed by atoms with E-state index >= 15 is 0 Å². The van der Waals surface area contributed by atoms with E-state index in [1.807, 2.05) is 0 Å². The first-order valence-electron chi connectivity index (χ1n) is 5.38. The Hall–Kier alpha value is -1.62. The van der Waals surface area contributed by atoms with Crippen molar-refractivity contribution >= 4 is 5.91 Å². The van der Waals surface area contributed by atoms with Crippen molar-refractivity contribution in [2.45, 2.75) is 19.9 Å². The predicted molar refractivity (Wildman–Crippen MR) is 61.2 cm³/mol. The van der Waals surface area contributed by atoms with Gasteiger partial charge in [-0.2, -0.15) is 0 Å². The largest absolute Gasteiger partial charge is 0.491 e. The quantitative estimate of drug-likeness (QED) is 0.819. The molecule has 0 spiro atoms. The first-order chi connectivity index (χ1) is 8.08. The number of aliphatic hydroxyl groups is 1. The number of ether oxygens (including phenoxy) is 1. The lowest BCUT2D eigenvalue weighted by Crippen LogP contribution is -2.28. The second-order valence-electron chi connectivity index (χ2n) is 3.56. The molecule has 0 saturated carbocycles. The highest BCUT2D eigenvalue weighted by Crippen LogP contribution is 2.22. The predicted octanol–water partition coefficient (Wildman–Crippen LogP) is 1.39. The fourth-order valence-electron chi connectivity index (χ4n) is 1.49. The van der Waals surface area contributed by atoms with Crippen molar-refractivity contribution in [1.29, 1.82) is 0 Å². The molecule has 1 amide bonds. The molecule has 1 unspecified atom stereocenters. The van der Waals surface area contributed by atoms with Gasteiger partial charge in [0.1, 0.15) is 0 Å². The lowest BCUT2D eigenvalue weighted by Gasteiger charge is -2.16. The Balaban J connectivity index is 2.90. The van der Waals surface area contributed by atoms with Gasteiger partial charge in [0.05, 0.1) is 19.3 Å². The van der Waals surface area contributed by atoms with Gasteiger partial charge in [-0.3, -0.25) is 4.79 Å². The van der Waals surface area contributed by atoms with Crippen molar-refractivity contribution < 1.29 is 19.0 Å². The zero-order valence-electron chi connectivity index (χ0n) is 9.87. The number of carbonyl (C=O) groups excluding carboxylic acids is 1. The summed E-state index contributed by atoms with van der Waals surface area (Å²) in [5.74, 6) is -0.623. The average molecular weight is 241 g/mol. The third-order valence-corrected chi connectivity index (χ3v) is 2.22. The standard InChI is InChI=1S/C12H16FNO3/c1-3-17-12-5-4-9(6-10(12)13)11(7-15)14-8(2)16/h4-6,11,15H,3,7H2,1-2H3,(H,14,16). The molecular formula is C12H16FNO3. The number of aliphatic hydroxyl groups excluding tert-OH is 1. The Kier molecular flexibility index (Phi) is 4.90. The van der Waals surface area contributed by atoms with E-state index in [4.69, 9.17) is 9.84 Å². The summed E-state index contributed by atoms with van der Waals surface area (Å²) in [6.45, 7) is 3.20. The van der Waals surface area contributed by atoms with Crippen molar-refractivity contribution in [3.63, 3.8) is 0 Å². The molecule has 0 fully saturated rings. The van der Waals surface area contributed by atoms with Crippen LogP contribution in [-0.4, -0.2) is 24.2 Å². The number of hydrogen-bond acceptors (Lipinski definition) is 3. The van der Waals surface area contributed by atoms with Crippen LogP contribution in [-0.2, 0) is 4.79 Å². The van der Waals surface area contributed by atoms with Gasteiger partial charge >= 0.3 is 0 Å². The molecule has 1 rings (SSSR count). The topological polar surface area (TPSA) is 58.6 Å². The number of halogens is 1. The maximum Gasteiger partial charge on any atom is 0.217 e. The minimum atomic E-state index is -0.599. The van der Waals surface area contributed by atoms with Crippen molar-refractivity contribution in [2.75, 3.05) is 13.2 Å². The van der Waals surface area contributed by atoms with Crippen LogP contribution < -0.4 is 10.1 Å². The van der Waals surface area contributed by atoms with Crippen LogP contribution in [0.15, 0.2) is 18.2 Å². The van der Waals surface area contributed by atoms with Crippen molar-refractivity contribution in [3.05, 3.63) is 29.6 Å². The summed E-state index contributed by atoms with van der Waals surface area (Å²) >= 11 is 0. The smallest absolute Gasteiger partial charge is 0.217 e. The number of rotatable bonds is 5. The molecular weight excluding hydrogens is 225 g/mol. The Morgan fingerprint density at radius 1 is 1.59 bits per heavy atom. The van der Waals surface area contributed by atoms with E-state index in [-0.39, 0.29) is 18.3 Å². The first-order valence-corrected chi connectivity index (χ1v) is 5.38. The monoisotopic (exact) mass is 241 g/mol. The van der Waals surface area contributed by atoms with E-state index < -0.39 is 11.9 Å². The maximum atomic E-state index is 13.6. The van der Waals surface area contributed by atoms with Crippen LogP contribution in [0.2, 0.25) is 0 Å².